The van der Waals surface area contributed by atoms with Gasteiger partial charge in [-0.3, -0.25) is 19.4 Å². The van der Waals surface area contributed by atoms with Crippen LogP contribution in [0.15, 0.2) is 35.3 Å². The van der Waals surface area contributed by atoms with E-state index in [0.717, 1.165) is 63.7 Å². The van der Waals surface area contributed by atoms with Crippen molar-refractivity contribution >= 4 is 24.0 Å². The quantitative estimate of drug-likeness (QED) is 0.519. The number of hydrogen-bond acceptors (Lipinski definition) is 5. The normalized spacial score (nSPS) is 21.5. The fraction of sp³-hybridized carbons (Fsp3) is 0.615. The fourth-order valence-corrected chi connectivity index (χ4v) is 4.73. The van der Waals surface area contributed by atoms with Crippen LogP contribution in [0.2, 0.25) is 0 Å². The summed E-state index contributed by atoms with van der Waals surface area (Å²) < 4.78 is 4.81. The first-order chi connectivity index (χ1) is 16.0. The number of amides is 2. The Labute approximate surface area is 197 Å². The first-order valence-corrected chi connectivity index (χ1v) is 12.2. The molecule has 7 nitrogen and oxygen atoms in total. The minimum atomic E-state index is -0.346. The van der Waals surface area contributed by atoms with Crippen molar-refractivity contribution in [1.82, 2.24) is 10.2 Å². The number of hydrogen-bond donors (Lipinski definition) is 1. The number of nitrogens with one attached hydrogen (secondary N) is 1. The molecular weight excluding hydrogens is 418 g/mol. The number of esters is 1. The monoisotopic (exact) mass is 455 g/mol. The van der Waals surface area contributed by atoms with Gasteiger partial charge in [-0.1, -0.05) is 30.3 Å². The molecule has 0 aromatic heterocycles. The molecule has 2 aliphatic heterocycles. The van der Waals surface area contributed by atoms with E-state index >= 15 is 0 Å². The summed E-state index contributed by atoms with van der Waals surface area (Å²) in [6.45, 7) is 2.43. The summed E-state index contributed by atoms with van der Waals surface area (Å²) in [6, 6.07) is 9.67. The van der Waals surface area contributed by atoms with Crippen LogP contribution in [0.3, 0.4) is 0 Å². The lowest BCUT2D eigenvalue weighted by Crippen LogP contribution is -2.45. The zero-order valence-corrected chi connectivity index (χ0v) is 19.7. The topological polar surface area (TPSA) is 88.1 Å². The number of ether oxygens (including phenoxy) is 1. The van der Waals surface area contributed by atoms with Crippen LogP contribution in [0.1, 0.15) is 56.9 Å². The summed E-state index contributed by atoms with van der Waals surface area (Å²) in [5.41, 5.74) is 1.16. The highest BCUT2D eigenvalue weighted by Gasteiger charge is 2.31. The largest absolute Gasteiger partial charge is 0.469 e. The first kappa shape index (κ1) is 24.9. The molecule has 2 unspecified atom stereocenters. The third-order valence-corrected chi connectivity index (χ3v) is 6.75. The Hall–Kier alpha value is -2.70. The van der Waals surface area contributed by atoms with E-state index in [2.05, 4.69) is 10.3 Å². The van der Waals surface area contributed by atoms with Crippen LogP contribution in [0.25, 0.3) is 0 Å². The van der Waals surface area contributed by atoms with Gasteiger partial charge in [-0.25, -0.2) is 0 Å². The number of aliphatic imine (C=N–C) groups is 1. The van der Waals surface area contributed by atoms with Crippen molar-refractivity contribution < 1.29 is 19.1 Å². The minimum absolute atomic E-state index is 0.0923. The highest BCUT2D eigenvalue weighted by molar-refractivity contribution is 5.86. The summed E-state index contributed by atoms with van der Waals surface area (Å²) in [6.07, 6.45) is 8.45. The zero-order valence-electron chi connectivity index (χ0n) is 19.7. The number of benzene rings is 1. The number of aryl methyl sites for hydroxylation is 1. The van der Waals surface area contributed by atoms with Gasteiger partial charge in [0.2, 0.25) is 11.8 Å². The van der Waals surface area contributed by atoms with Crippen molar-refractivity contribution in [3.8, 4) is 0 Å². The van der Waals surface area contributed by atoms with Crippen LogP contribution < -0.4 is 5.32 Å². The Morgan fingerprint density at radius 3 is 2.79 bits per heavy atom. The maximum absolute atomic E-state index is 13.0. The van der Waals surface area contributed by atoms with Crippen LogP contribution in [0, 0.1) is 11.8 Å². The van der Waals surface area contributed by atoms with E-state index in [1.54, 1.807) is 0 Å². The Morgan fingerprint density at radius 1 is 1.24 bits per heavy atom. The van der Waals surface area contributed by atoms with E-state index in [0.29, 0.717) is 12.3 Å². The van der Waals surface area contributed by atoms with Crippen LogP contribution in [0.5, 0.6) is 0 Å². The Morgan fingerprint density at radius 2 is 2.06 bits per heavy atom. The van der Waals surface area contributed by atoms with Crippen molar-refractivity contribution in [3.63, 3.8) is 0 Å². The molecule has 0 saturated carbocycles. The molecule has 2 amide bonds. The molecule has 2 aliphatic rings. The number of rotatable bonds is 11. The van der Waals surface area contributed by atoms with E-state index in [1.807, 2.05) is 41.4 Å². The van der Waals surface area contributed by atoms with Gasteiger partial charge in [-0.15, -0.1) is 0 Å². The second-order valence-electron chi connectivity index (χ2n) is 9.21. The second kappa shape index (κ2) is 13.1. The second-order valence-corrected chi connectivity index (χ2v) is 9.21. The average molecular weight is 456 g/mol. The fourth-order valence-electron chi connectivity index (χ4n) is 4.73. The molecule has 1 N–H and O–H groups in total. The number of likely N-dealkylation sites (tertiary alicyclic amines) is 1. The van der Waals surface area contributed by atoms with Gasteiger partial charge >= 0.3 is 5.97 Å². The molecule has 1 saturated heterocycles. The molecule has 7 heteroatoms. The predicted molar refractivity (Wildman–Crippen MR) is 128 cm³/mol. The van der Waals surface area contributed by atoms with Gasteiger partial charge in [0.15, 0.2) is 0 Å². The molecule has 1 aromatic carbocycles. The third kappa shape index (κ3) is 8.30. The SMILES string of the molecule is COC(=O)C[C@@H](CCc1ccccc1)NC(=O)CC1CCCN(CCC2CC=NCC2)C1=O. The molecule has 1 fully saturated rings. The highest BCUT2D eigenvalue weighted by Crippen LogP contribution is 2.24. The maximum Gasteiger partial charge on any atom is 0.307 e. The van der Waals surface area contributed by atoms with E-state index < -0.39 is 0 Å². The summed E-state index contributed by atoms with van der Waals surface area (Å²) in [4.78, 5) is 43.9. The van der Waals surface area contributed by atoms with Gasteiger partial charge in [0.1, 0.15) is 0 Å². The van der Waals surface area contributed by atoms with Crippen molar-refractivity contribution in [2.45, 2.75) is 63.8 Å². The van der Waals surface area contributed by atoms with E-state index in [1.165, 1.54) is 7.11 Å². The molecule has 0 spiro atoms. The van der Waals surface area contributed by atoms with Crippen LogP contribution in [0.4, 0.5) is 0 Å². The molecular formula is C26H37N3O4. The smallest absolute Gasteiger partial charge is 0.307 e. The molecule has 3 atom stereocenters. The summed E-state index contributed by atoms with van der Waals surface area (Å²) in [5.74, 6) is -0.0985. The highest BCUT2D eigenvalue weighted by atomic mass is 16.5. The van der Waals surface area contributed by atoms with Crippen molar-refractivity contribution in [2.75, 3.05) is 26.7 Å². The van der Waals surface area contributed by atoms with Crippen LogP contribution >= 0.6 is 0 Å². The standard InChI is InChI=1S/C26H37N3O4/c1-33-25(31)19-23(10-9-20-6-3-2-4-7-20)28-24(30)18-22-8-5-16-29(26(22)32)17-13-21-11-14-27-15-12-21/h2-4,6-7,14,21-23H,5,8-13,15-19H2,1H3,(H,28,30)/t21?,22?,23-/m1/s1. The summed E-state index contributed by atoms with van der Waals surface area (Å²) >= 11 is 0. The summed E-state index contributed by atoms with van der Waals surface area (Å²) in [7, 11) is 1.35. The molecule has 1 aromatic rings. The van der Waals surface area contributed by atoms with Gasteiger partial charge in [0.25, 0.3) is 0 Å². The molecule has 3 rings (SSSR count). The van der Waals surface area contributed by atoms with Crippen LogP contribution in [-0.2, 0) is 25.5 Å². The number of carbonyl (C=O) groups is 3. The van der Waals surface area contributed by atoms with Gasteiger partial charge in [-0.05, 0) is 62.6 Å². The Balaban J connectivity index is 1.49. The Bertz CT molecular complexity index is 811. The molecule has 2 heterocycles. The number of carbonyl (C=O) groups excluding carboxylic acids is 3. The molecule has 0 aliphatic carbocycles. The van der Waals surface area contributed by atoms with Gasteiger partial charge in [0, 0.05) is 38.0 Å². The van der Waals surface area contributed by atoms with Gasteiger partial charge < -0.3 is 15.0 Å². The Kier molecular flexibility index (Phi) is 9.91. The average Bonchev–Trinajstić information content (AvgIpc) is 2.84. The van der Waals surface area contributed by atoms with Crippen molar-refractivity contribution in [3.05, 3.63) is 35.9 Å². The molecule has 0 radical (unpaired) electrons. The van der Waals surface area contributed by atoms with Crippen molar-refractivity contribution in [1.29, 1.82) is 0 Å². The molecule has 0 bridgehead atoms. The molecule has 180 valence electrons. The van der Waals surface area contributed by atoms with E-state index in [-0.39, 0.29) is 42.6 Å². The minimum Gasteiger partial charge on any atom is -0.469 e. The van der Waals surface area contributed by atoms with Crippen molar-refractivity contribution in [2.24, 2.45) is 16.8 Å². The number of nitrogens with zero attached hydrogens (tertiary/aromatic N) is 2. The predicted octanol–water partition coefficient (Wildman–Crippen LogP) is 3.17. The number of piperidine rings is 1. The maximum atomic E-state index is 13.0. The third-order valence-electron chi connectivity index (χ3n) is 6.75. The van der Waals surface area contributed by atoms with E-state index in [4.69, 9.17) is 4.74 Å². The lowest BCUT2D eigenvalue weighted by Gasteiger charge is -2.33. The van der Waals surface area contributed by atoms with Gasteiger partial charge in [0.05, 0.1) is 13.5 Å². The molecule has 33 heavy (non-hydrogen) atoms. The van der Waals surface area contributed by atoms with E-state index in [9.17, 15) is 14.4 Å². The lowest BCUT2D eigenvalue weighted by atomic mass is 9.91. The number of methoxy groups -OCH3 is 1. The van der Waals surface area contributed by atoms with Gasteiger partial charge in [-0.2, -0.15) is 0 Å². The van der Waals surface area contributed by atoms with Crippen LogP contribution in [-0.4, -0.2) is 61.7 Å². The first-order valence-electron chi connectivity index (χ1n) is 12.2. The zero-order chi connectivity index (χ0) is 23.5. The summed E-state index contributed by atoms with van der Waals surface area (Å²) in [5, 5.41) is 2.99. The lowest BCUT2D eigenvalue weighted by molar-refractivity contribution is -0.143.